The van der Waals surface area contributed by atoms with Crippen LogP contribution in [0.3, 0.4) is 0 Å². The molecule has 0 radical (unpaired) electrons. The fourth-order valence-corrected chi connectivity index (χ4v) is 6.51. The largest absolute Gasteiger partial charge is 0.488 e. The van der Waals surface area contributed by atoms with E-state index in [-0.39, 0.29) is 42.9 Å². The van der Waals surface area contributed by atoms with Crippen LogP contribution in [0.15, 0.2) is 64.9 Å². The van der Waals surface area contributed by atoms with Crippen LogP contribution in [0.2, 0.25) is 5.02 Å². The average Bonchev–Trinajstić information content (AvgIpc) is 3.35. The number of carbonyl (C=O) groups excluding carboxylic acids is 1. The summed E-state index contributed by atoms with van der Waals surface area (Å²) in [6, 6.07) is 13.3. The second-order valence-electron chi connectivity index (χ2n) is 8.18. The minimum Gasteiger partial charge on any atom is -0.488 e. The number of methoxy groups -OCH3 is 1. The number of fused-ring (bicyclic) bond motifs is 1. The summed E-state index contributed by atoms with van der Waals surface area (Å²) in [5, 5.41) is 2.36. The first-order valence-corrected chi connectivity index (χ1v) is 14.0. The summed E-state index contributed by atoms with van der Waals surface area (Å²) in [7, 11) is -2.52. The molecule has 3 aromatic rings. The van der Waals surface area contributed by atoms with Crippen molar-refractivity contribution >= 4 is 38.9 Å². The van der Waals surface area contributed by atoms with Crippen LogP contribution in [0.1, 0.15) is 16.5 Å². The maximum Gasteiger partial charge on any atom is 0.243 e. The van der Waals surface area contributed by atoms with Gasteiger partial charge in [0.25, 0.3) is 0 Å². The Bertz CT molecular complexity index is 1300. The van der Waals surface area contributed by atoms with E-state index in [9.17, 15) is 17.6 Å². The van der Waals surface area contributed by atoms with Crippen molar-refractivity contribution in [1.82, 2.24) is 9.21 Å². The van der Waals surface area contributed by atoms with E-state index in [1.165, 1.54) is 43.5 Å². The summed E-state index contributed by atoms with van der Waals surface area (Å²) in [4.78, 5) is 16.3. The molecule has 1 atom stereocenters. The van der Waals surface area contributed by atoms with Crippen LogP contribution in [-0.4, -0.2) is 63.5 Å². The Balaban J connectivity index is 1.57. The van der Waals surface area contributed by atoms with Gasteiger partial charge in [-0.15, -0.1) is 11.3 Å². The molecular weight excluding hydrogens is 527 g/mol. The third-order valence-corrected chi connectivity index (χ3v) is 9.06. The van der Waals surface area contributed by atoms with Crippen molar-refractivity contribution in [2.45, 2.75) is 17.4 Å². The highest BCUT2D eigenvalue weighted by atomic mass is 35.5. The van der Waals surface area contributed by atoms with Crippen LogP contribution >= 0.6 is 22.9 Å². The van der Waals surface area contributed by atoms with Crippen molar-refractivity contribution < 1.29 is 27.1 Å². The van der Waals surface area contributed by atoms with E-state index in [1.807, 2.05) is 11.4 Å². The minimum absolute atomic E-state index is 0.00113. The van der Waals surface area contributed by atoms with Gasteiger partial charge in [0.15, 0.2) is 11.6 Å². The Kier molecular flexibility index (Phi) is 8.63. The quantitative estimate of drug-likeness (QED) is 0.373. The highest BCUT2D eigenvalue weighted by Crippen LogP contribution is 2.34. The maximum absolute atomic E-state index is 14.1. The van der Waals surface area contributed by atoms with Gasteiger partial charge < -0.3 is 14.4 Å². The van der Waals surface area contributed by atoms with Crippen molar-refractivity contribution in [2.75, 3.05) is 40.0 Å². The number of rotatable bonds is 10. The average molecular weight is 553 g/mol. The van der Waals surface area contributed by atoms with Gasteiger partial charge >= 0.3 is 0 Å². The zero-order valence-electron chi connectivity index (χ0n) is 19.6. The first-order valence-electron chi connectivity index (χ1n) is 11.3. The number of para-hydroxylation sites is 1. The first-order chi connectivity index (χ1) is 17.3. The van der Waals surface area contributed by atoms with E-state index >= 15 is 0 Å². The molecule has 1 amide bonds. The molecule has 36 heavy (non-hydrogen) atoms. The van der Waals surface area contributed by atoms with Gasteiger partial charge in [0, 0.05) is 30.1 Å². The molecule has 0 N–H and O–H groups in total. The van der Waals surface area contributed by atoms with Crippen LogP contribution in [0.5, 0.6) is 5.75 Å². The zero-order valence-corrected chi connectivity index (χ0v) is 22.0. The Morgan fingerprint density at radius 2 is 1.94 bits per heavy atom. The monoisotopic (exact) mass is 552 g/mol. The standard InChI is InChI=1S/C25H26ClFN2O5S2/c1-33-14-13-28(36(31,32)19-8-6-18(26)7-9-19)16-25(30)29-12-10-24-20(11-15-35-24)22(29)17-34-23-5-3-2-4-21(23)27/h2-9,11,15,22H,10,12-14,16-17H2,1H3/t22-/m0/s1. The van der Waals surface area contributed by atoms with E-state index in [0.29, 0.717) is 18.0 Å². The van der Waals surface area contributed by atoms with Crippen molar-refractivity contribution in [3.05, 3.63) is 81.3 Å². The summed E-state index contributed by atoms with van der Waals surface area (Å²) in [6.45, 7) is 0.189. The van der Waals surface area contributed by atoms with Crippen molar-refractivity contribution in [3.63, 3.8) is 0 Å². The molecule has 2 aromatic carbocycles. The van der Waals surface area contributed by atoms with E-state index in [1.54, 1.807) is 28.4 Å². The SMILES string of the molecule is COCCN(CC(=O)N1CCc2sccc2[C@@H]1COc1ccccc1F)S(=O)(=O)c1ccc(Cl)cc1. The smallest absolute Gasteiger partial charge is 0.243 e. The van der Waals surface area contributed by atoms with Gasteiger partial charge in [0.05, 0.1) is 24.1 Å². The van der Waals surface area contributed by atoms with Crippen LogP contribution in [-0.2, 0) is 26.0 Å². The maximum atomic E-state index is 14.1. The predicted octanol–water partition coefficient (Wildman–Crippen LogP) is 4.38. The van der Waals surface area contributed by atoms with E-state index in [0.717, 1.165) is 14.7 Å². The fourth-order valence-electron chi connectivity index (χ4n) is 4.08. The molecule has 1 aromatic heterocycles. The van der Waals surface area contributed by atoms with Crippen LogP contribution in [0.4, 0.5) is 4.39 Å². The number of hydrogen-bond acceptors (Lipinski definition) is 6. The first kappa shape index (κ1) is 26.6. The molecule has 0 fully saturated rings. The lowest BCUT2D eigenvalue weighted by Crippen LogP contribution is -2.48. The normalized spacial score (nSPS) is 15.7. The second-order valence-corrected chi connectivity index (χ2v) is 11.6. The number of hydrogen-bond donors (Lipinski definition) is 0. The predicted molar refractivity (Wildman–Crippen MR) is 136 cm³/mol. The molecule has 192 valence electrons. The molecular formula is C25H26ClFN2O5S2. The summed E-state index contributed by atoms with van der Waals surface area (Å²) in [5.41, 5.74) is 0.930. The van der Waals surface area contributed by atoms with Gasteiger partial charge in [-0.2, -0.15) is 4.31 Å². The number of nitrogens with zero attached hydrogens (tertiary/aromatic N) is 2. The molecule has 1 aliphatic rings. The molecule has 0 saturated heterocycles. The van der Waals surface area contributed by atoms with E-state index in [2.05, 4.69) is 0 Å². The number of carbonyl (C=O) groups is 1. The van der Waals surface area contributed by atoms with E-state index in [4.69, 9.17) is 21.1 Å². The van der Waals surface area contributed by atoms with Crippen LogP contribution < -0.4 is 4.74 Å². The van der Waals surface area contributed by atoms with E-state index < -0.39 is 21.9 Å². The van der Waals surface area contributed by atoms with Gasteiger partial charge in [-0.05, 0) is 59.8 Å². The van der Waals surface area contributed by atoms with Gasteiger partial charge in [-0.3, -0.25) is 4.79 Å². The topological polar surface area (TPSA) is 76.2 Å². The molecule has 4 rings (SSSR count). The summed E-state index contributed by atoms with van der Waals surface area (Å²) >= 11 is 7.51. The van der Waals surface area contributed by atoms with Crippen molar-refractivity contribution in [1.29, 1.82) is 0 Å². The second kappa shape index (κ2) is 11.7. The van der Waals surface area contributed by atoms with Crippen LogP contribution in [0.25, 0.3) is 0 Å². The molecule has 11 heteroatoms. The Hall–Kier alpha value is -2.50. The number of halogens is 2. The van der Waals surface area contributed by atoms with Crippen LogP contribution in [0, 0.1) is 5.82 Å². The van der Waals surface area contributed by atoms with Crippen molar-refractivity contribution in [3.8, 4) is 5.75 Å². The van der Waals surface area contributed by atoms with Crippen molar-refractivity contribution in [2.24, 2.45) is 0 Å². The number of benzene rings is 2. The molecule has 0 bridgehead atoms. The fraction of sp³-hybridized carbons (Fsp3) is 0.320. The molecule has 1 aliphatic heterocycles. The number of sulfonamides is 1. The molecule has 0 aliphatic carbocycles. The number of amides is 1. The van der Waals surface area contributed by atoms with Gasteiger partial charge in [0.2, 0.25) is 15.9 Å². The molecule has 0 spiro atoms. The van der Waals surface area contributed by atoms with Gasteiger partial charge in [-0.25, -0.2) is 12.8 Å². The molecule has 7 nitrogen and oxygen atoms in total. The zero-order chi connectivity index (χ0) is 25.7. The van der Waals surface area contributed by atoms with Gasteiger partial charge in [0.1, 0.15) is 6.61 Å². The lowest BCUT2D eigenvalue weighted by atomic mass is 10.0. The third kappa shape index (κ3) is 5.90. The Labute approximate surface area is 219 Å². The molecule has 0 unspecified atom stereocenters. The Morgan fingerprint density at radius 3 is 2.67 bits per heavy atom. The number of thiophene rings is 1. The molecule has 0 saturated carbocycles. The third-order valence-electron chi connectivity index (χ3n) is 5.96. The highest BCUT2D eigenvalue weighted by molar-refractivity contribution is 7.89. The minimum atomic E-state index is -3.98. The summed E-state index contributed by atoms with van der Waals surface area (Å²) in [6.07, 6.45) is 0.650. The molecule has 2 heterocycles. The number of ether oxygens (including phenoxy) is 2. The van der Waals surface area contributed by atoms with Gasteiger partial charge in [-0.1, -0.05) is 23.7 Å². The summed E-state index contributed by atoms with van der Waals surface area (Å²) < 4.78 is 52.8. The lowest BCUT2D eigenvalue weighted by molar-refractivity contribution is -0.135. The summed E-state index contributed by atoms with van der Waals surface area (Å²) in [5.74, 6) is -0.765. The lowest BCUT2D eigenvalue weighted by Gasteiger charge is -2.37. The highest BCUT2D eigenvalue weighted by Gasteiger charge is 2.35. The Morgan fingerprint density at radius 1 is 1.19 bits per heavy atom.